The van der Waals surface area contributed by atoms with E-state index in [1.54, 1.807) is 12.2 Å². The lowest BCUT2D eigenvalue weighted by atomic mass is 9.98. The van der Waals surface area contributed by atoms with Crippen LogP contribution in [0, 0.1) is 11.8 Å². The van der Waals surface area contributed by atoms with Crippen molar-refractivity contribution < 1.29 is 98.9 Å². The Bertz CT molecular complexity index is 2510. The lowest BCUT2D eigenvalue weighted by molar-refractivity contribution is -0.192. The maximum absolute atomic E-state index is 13.7. The third-order valence-electron chi connectivity index (χ3n) is 13.9. The molecule has 25 heteroatoms. The van der Waals surface area contributed by atoms with Gasteiger partial charge in [-0.25, -0.2) is 0 Å². The number of allylic oxidation sites excluding steroid dienone is 2. The Morgan fingerprint density at radius 3 is 1.39 bits per heavy atom. The molecule has 4 rings (SSSR count). The van der Waals surface area contributed by atoms with Gasteiger partial charge in [0.1, 0.15) is 30.4 Å². The largest absolute Gasteiger partial charge is 0.455 e. The Morgan fingerprint density at radius 2 is 1.00 bits per heavy atom. The van der Waals surface area contributed by atoms with E-state index in [-0.39, 0.29) is 58.3 Å². The lowest BCUT2D eigenvalue weighted by Gasteiger charge is -2.34. The summed E-state index contributed by atoms with van der Waals surface area (Å²) in [7, 11) is 2.30. The van der Waals surface area contributed by atoms with Crippen LogP contribution in [0.15, 0.2) is 72.8 Å². The standard InChI is InChI=1S/C32H43F3N2O9.C26H37F3N2O6.2CH4/c1-7-19(2)14-15-26(44-20(3)38)27(45-21(4)39)28(46-22(5)40)29(43-6)30(41)36-25-13-8-9-16-37(31(25)42)18-23-11-10-12-24(17-23)32(33,34)35;1-4-16(2)11-12-20(32)21(33)22(34)23(37-3)24(35)30-19-10-5-6-13-31(25(19)36)15-17-8-7-9-18(14-17)26(27,28)29;;/h10-12,14-15,17,19,25-29H,7-9,13,16,18H2,1-6H3,(H,36,41);7-9,11-12,14,16,19-23,32-34H,4-6,10,13,15H2,1-3H3,(H,30,35);2*1H4/b15-14+;12-11+;;/t19?,25-,26+,27-,28+,29+;16?,19-,20+,21-,22+,23+;;/m00../s1. The molecule has 5 N–H and O–H groups in total. The normalized spacial score (nSPS) is 19.5. The second-order valence-electron chi connectivity index (χ2n) is 20.6. The zero-order valence-corrected chi connectivity index (χ0v) is 48.2. The number of aliphatic hydroxyl groups excluding tert-OH is 3. The van der Waals surface area contributed by atoms with E-state index in [4.69, 9.17) is 23.7 Å². The summed E-state index contributed by atoms with van der Waals surface area (Å²) in [5.74, 6) is -4.98. The van der Waals surface area contributed by atoms with E-state index < -0.39 is 126 Å². The molecule has 0 bridgehead atoms. The molecule has 2 saturated heterocycles. The molecule has 0 saturated carbocycles. The Labute approximate surface area is 494 Å². The van der Waals surface area contributed by atoms with Crippen LogP contribution in [0.2, 0.25) is 0 Å². The van der Waals surface area contributed by atoms with Gasteiger partial charge in [0.05, 0.1) is 11.1 Å². The molecule has 85 heavy (non-hydrogen) atoms. The van der Waals surface area contributed by atoms with Gasteiger partial charge in [0.25, 0.3) is 11.8 Å². The van der Waals surface area contributed by atoms with Gasteiger partial charge in [0.15, 0.2) is 30.5 Å². The van der Waals surface area contributed by atoms with Crippen molar-refractivity contribution in [2.75, 3.05) is 27.3 Å². The van der Waals surface area contributed by atoms with E-state index in [0.717, 1.165) is 72.1 Å². The number of esters is 3. The van der Waals surface area contributed by atoms with E-state index in [9.17, 15) is 75.2 Å². The number of nitrogens with zero attached hydrogens (tertiary/aromatic N) is 2. The fourth-order valence-corrected chi connectivity index (χ4v) is 9.01. The first-order chi connectivity index (χ1) is 38.9. The van der Waals surface area contributed by atoms with Crippen molar-refractivity contribution in [1.29, 1.82) is 0 Å². The number of likely N-dealkylation sites (tertiary alicyclic amines) is 2. The van der Waals surface area contributed by atoms with E-state index in [1.165, 1.54) is 46.2 Å². The number of halogens is 6. The molecule has 0 aliphatic carbocycles. The monoisotopic (exact) mass is 1220 g/mol. The van der Waals surface area contributed by atoms with Crippen LogP contribution in [0.1, 0.15) is 137 Å². The number of methoxy groups -OCH3 is 2. The van der Waals surface area contributed by atoms with E-state index >= 15 is 0 Å². The summed E-state index contributed by atoms with van der Waals surface area (Å²) in [4.78, 5) is 92.5. The molecule has 2 aromatic rings. The van der Waals surface area contributed by atoms with Gasteiger partial charge < -0.3 is 59.4 Å². The molecule has 2 fully saturated rings. The molecule has 4 amide bonds. The number of alkyl halides is 6. The number of carbonyl (C=O) groups is 7. The quantitative estimate of drug-likeness (QED) is 0.0275. The SMILES string of the molecule is C.C.CCC(C)/C=C/[C@@H](O)[C@H](O)[C@@H](O)[C@@H](OC)C(=O)N[C@H]1CCCCN(Cc2cccc(C(F)(F)F)c2)C1=O.CCC(C)/C=C/[C@@H](OC(C)=O)[C@H](OC(C)=O)[C@@H](OC(C)=O)[C@@H](OC)C(=O)N[C@H]1CCCCN(Cc2cccc(C(F)(F)F)c2)C1=O. The smallest absolute Gasteiger partial charge is 0.416 e. The van der Waals surface area contributed by atoms with Gasteiger partial charge in [-0.05, 0) is 91.8 Å². The molecule has 2 aromatic carbocycles. The van der Waals surface area contributed by atoms with Gasteiger partial charge in [0.2, 0.25) is 11.8 Å². The summed E-state index contributed by atoms with van der Waals surface area (Å²) < 4.78 is 106. The second kappa shape index (κ2) is 36.6. The first-order valence-corrected chi connectivity index (χ1v) is 27.4. The van der Waals surface area contributed by atoms with E-state index in [0.29, 0.717) is 44.2 Å². The summed E-state index contributed by atoms with van der Waals surface area (Å²) in [6.07, 6.45) is -11.1. The van der Waals surface area contributed by atoms with Gasteiger partial charge in [-0.2, -0.15) is 26.3 Å². The highest BCUT2D eigenvalue weighted by atomic mass is 19.4. The van der Waals surface area contributed by atoms with Crippen molar-refractivity contribution >= 4 is 41.5 Å². The van der Waals surface area contributed by atoms with Crippen LogP contribution in [0.3, 0.4) is 0 Å². The van der Waals surface area contributed by atoms with Crippen molar-refractivity contribution in [2.24, 2.45) is 11.8 Å². The average Bonchev–Trinajstić information content (AvgIpc) is 3.79. The third kappa shape index (κ3) is 24.8. The topological polar surface area (TPSA) is 257 Å². The highest BCUT2D eigenvalue weighted by Gasteiger charge is 2.46. The minimum Gasteiger partial charge on any atom is -0.455 e. The number of carbonyl (C=O) groups excluding carboxylic acids is 7. The second-order valence-corrected chi connectivity index (χ2v) is 20.6. The third-order valence-corrected chi connectivity index (χ3v) is 13.9. The summed E-state index contributed by atoms with van der Waals surface area (Å²) in [5.41, 5.74) is -1.08. The molecule has 2 unspecified atom stereocenters. The van der Waals surface area contributed by atoms with Crippen LogP contribution in [0.25, 0.3) is 0 Å². The summed E-state index contributed by atoms with van der Waals surface area (Å²) >= 11 is 0. The van der Waals surface area contributed by atoms with Crippen LogP contribution in [0.5, 0.6) is 0 Å². The molecule has 2 heterocycles. The van der Waals surface area contributed by atoms with Crippen LogP contribution in [-0.4, -0.2) is 155 Å². The minimum atomic E-state index is -4.55. The van der Waals surface area contributed by atoms with Gasteiger partial charge in [-0.15, -0.1) is 0 Å². The van der Waals surface area contributed by atoms with Gasteiger partial charge in [-0.1, -0.05) is 97.9 Å². The molecule has 0 aromatic heterocycles. The number of nitrogens with one attached hydrogen (secondary N) is 2. The Kier molecular flexibility index (Phi) is 32.9. The van der Waals surface area contributed by atoms with E-state index in [1.807, 2.05) is 27.7 Å². The van der Waals surface area contributed by atoms with E-state index in [2.05, 4.69) is 10.6 Å². The molecular weight excluding hydrogens is 1130 g/mol. The number of hydrogen-bond donors (Lipinski definition) is 5. The average molecular weight is 1220 g/mol. The van der Waals surface area contributed by atoms with Crippen LogP contribution in [0.4, 0.5) is 26.3 Å². The first kappa shape index (κ1) is 76.6. The zero-order valence-electron chi connectivity index (χ0n) is 48.2. The summed E-state index contributed by atoms with van der Waals surface area (Å²) in [6, 6.07) is 7.31. The highest BCUT2D eigenvalue weighted by molar-refractivity contribution is 5.91. The van der Waals surface area contributed by atoms with Crippen LogP contribution < -0.4 is 10.6 Å². The van der Waals surface area contributed by atoms with Crippen molar-refractivity contribution in [3.8, 4) is 0 Å². The summed E-state index contributed by atoms with van der Waals surface area (Å²) in [6.45, 7) is 11.4. The zero-order chi connectivity index (χ0) is 62.4. The Morgan fingerprint density at radius 1 is 0.600 bits per heavy atom. The molecule has 480 valence electrons. The molecule has 0 spiro atoms. The fourth-order valence-electron chi connectivity index (χ4n) is 9.01. The maximum atomic E-state index is 13.7. The maximum Gasteiger partial charge on any atom is 0.416 e. The van der Waals surface area contributed by atoms with Gasteiger partial charge in [0, 0.05) is 61.2 Å². The Hall–Kier alpha value is -6.41. The van der Waals surface area contributed by atoms with Crippen LogP contribution in [-0.2, 0) is 82.7 Å². The van der Waals surface area contributed by atoms with Crippen molar-refractivity contribution in [1.82, 2.24) is 20.4 Å². The number of hydrogen-bond acceptors (Lipinski definition) is 15. The molecule has 2 aliphatic rings. The van der Waals surface area contributed by atoms with Crippen molar-refractivity contribution in [2.45, 2.75) is 201 Å². The van der Waals surface area contributed by atoms with Gasteiger partial charge >= 0.3 is 30.3 Å². The fraction of sp³-hybridized carbons (Fsp3) is 0.617. The molecule has 0 radical (unpaired) electrons. The van der Waals surface area contributed by atoms with Crippen molar-refractivity contribution in [3.63, 3.8) is 0 Å². The number of rotatable bonds is 25. The molecule has 2 aliphatic heterocycles. The molecular formula is C60H88F6N4O15. The lowest BCUT2D eigenvalue weighted by Crippen LogP contribution is -2.58. The van der Waals surface area contributed by atoms with Crippen molar-refractivity contribution in [3.05, 3.63) is 95.1 Å². The summed E-state index contributed by atoms with van der Waals surface area (Å²) in [5, 5.41) is 36.2. The molecule has 19 nitrogen and oxygen atoms in total. The first-order valence-electron chi connectivity index (χ1n) is 27.4. The number of amides is 4. The van der Waals surface area contributed by atoms with Gasteiger partial charge in [-0.3, -0.25) is 33.6 Å². The molecule has 12 atom stereocenters. The Balaban J connectivity index is 0.000000849. The predicted molar refractivity (Wildman–Crippen MR) is 302 cm³/mol. The highest BCUT2D eigenvalue weighted by Crippen LogP contribution is 2.32. The number of benzene rings is 2. The predicted octanol–water partition coefficient (Wildman–Crippen LogP) is 7.79. The van der Waals surface area contributed by atoms with Crippen LogP contribution >= 0.6 is 0 Å². The number of ether oxygens (including phenoxy) is 5. The minimum absolute atomic E-state index is 0. The number of aliphatic hydroxyl groups is 3.